The molecule has 84 valence electrons. The number of amides is 1. The molecule has 17 heavy (non-hydrogen) atoms. The predicted octanol–water partition coefficient (Wildman–Crippen LogP) is 2.01. The Morgan fingerprint density at radius 2 is 1.94 bits per heavy atom. The van der Waals surface area contributed by atoms with Crippen molar-refractivity contribution in [3.8, 4) is 0 Å². The van der Waals surface area contributed by atoms with Crippen molar-refractivity contribution in [3.63, 3.8) is 0 Å². The Labute approximate surface area is 109 Å². The van der Waals surface area contributed by atoms with Gasteiger partial charge >= 0.3 is 0 Å². The summed E-state index contributed by atoms with van der Waals surface area (Å²) < 4.78 is 0. The van der Waals surface area contributed by atoms with Crippen molar-refractivity contribution in [1.82, 2.24) is 5.32 Å². The maximum absolute atomic E-state index is 11.0. The van der Waals surface area contributed by atoms with E-state index in [4.69, 9.17) is 0 Å². The van der Waals surface area contributed by atoms with Crippen LogP contribution in [0.2, 0.25) is 0 Å². The van der Waals surface area contributed by atoms with E-state index in [0.717, 1.165) is 6.42 Å². The lowest BCUT2D eigenvalue weighted by atomic mass is 10.0. The first-order chi connectivity index (χ1) is 8.16. The van der Waals surface area contributed by atoms with E-state index in [1.54, 1.807) is 6.92 Å². The van der Waals surface area contributed by atoms with Gasteiger partial charge in [0.05, 0.1) is 0 Å². The Balaban J connectivity index is 2.26. The van der Waals surface area contributed by atoms with Crippen molar-refractivity contribution in [2.75, 3.05) is 0 Å². The molecule has 0 aliphatic heterocycles. The maximum Gasteiger partial charge on any atom is 0.215 e. The number of carbonyl (C=O) groups is 1. The SMILES string of the molecule is CC(=O)N[C@H]([Al])Cc1cccc2ccccc12. The minimum Gasteiger partial charge on any atom is -0.369 e. The fourth-order valence-corrected chi connectivity index (χ4v) is 2.51. The van der Waals surface area contributed by atoms with E-state index in [9.17, 15) is 4.79 Å². The average molecular weight is 239 g/mol. The van der Waals surface area contributed by atoms with Gasteiger partial charge in [-0.05, 0) is 27.7 Å². The number of fused-ring (bicyclic) bond motifs is 1. The van der Waals surface area contributed by atoms with Crippen LogP contribution in [0.25, 0.3) is 10.8 Å². The molecule has 0 saturated carbocycles. The molecule has 0 unspecified atom stereocenters. The van der Waals surface area contributed by atoms with Gasteiger partial charge in [-0.1, -0.05) is 42.5 Å². The van der Waals surface area contributed by atoms with Crippen molar-refractivity contribution >= 4 is 33.0 Å². The quantitative estimate of drug-likeness (QED) is 0.816. The highest BCUT2D eigenvalue weighted by atomic mass is 27.0. The summed E-state index contributed by atoms with van der Waals surface area (Å²) in [6, 6.07) is 14.6. The van der Waals surface area contributed by atoms with E-state index in [-0.39, 0.29) is 10.8 Å². The Hall–Kier alpha value is -1.30. The van der Waals surface area contributed by atoms with Gasteiger partial charge < -0.3 is 5.32 Å². The van der Waals surface area contributed by atoms with Crippen LogP contribution in [0, 0.1) is 0 Å². The van der Waals surface area contributed by atoms with Gasteiger partial charge in [-0.25, -0.2) is 0 Å². The van der Waals surface area contributed by atoms with Gasteiger partial charge in [-0.15, -0.1) is 0 Å². The number of hydrogen-bond donors (Lipinski definition) is 1. The van der Waals surface area contributed by atoms with Crippen LogP contribution in [0.3, 0.4) is 0 Å². The van der Waals surface area contributed by atoms with E-state index >= 15 is 0 Å². The van der Waals surface area contributed by atoms with Gasteiger partial charge in [-0.2, -0.15) is 0 Å². The first kappa shape index (κ1) is 12.2. The van der Waals surface area contributed by atoms with Crippen LogP contribution < -0.4 is 5.32 Å². The normalized spacial score (nSPS) is 12.3. The van der Waals surface area contributed by atoms with Gasteiger partial charge in [0.2, 0.25) is 5.91 Å². The molecule has 0 aliphatic rings. The van der Waals surface area contributed by atoms with Crippen LogP contribution in [0.15, 0.2) is 42.5 Å². The highest BCUT2D eigenvalue weighted by Crippen LogP contribution is 2.19. The fraction of sp³-hybridized carbons (Fsp3) is 0.214. The molecule has 0 fully saturated rings. The molecule has 1 N–H and O–H groups in total. The Kier molecular flexibility index (Phi) is 3.83. The highest BCUT2D eigenvalue weighted by molar-refractivity contribution is 6.13. The highest BCUT2D eigenvalue weighted by Gasteiger charge is 2.06. The molecule has 1 amide bonds. The lowest BCUT2D eigenvalue weighted by Crippen LogP contribution is -2.35. The van der Waals surface area contributed by atoms with Crippen LogP contribution in [-0.4, -0.2) is 27.1 Å². The molecule has 2 radical (unpaired) electrons. The minimum atomic E-state index is 0.00485. The molecule has 0 aromatic heterocycles. The van der Waals surface area contributed by atoms with Gasteiger partial charge in [0, 0.05) is 6.92 Å². The van der Waals surface area contributed by atoms with Crippen molar-refractivity contribution in [2.24, 2.45) is 0 Å². The first-order valence-corrected chi connectivity index (χ1v) is 6.33. The molecular weight excluding hydrogens is 225 g/mol. The summed E-state index contributed by atoms with van der Waals surface area (Å²) in [6.07, 6.45) is 0.825. The van der Waals surface area contributed by atoms with Gasteiger partial charge in [-0.3, -0.25) is 4.79 Å². The van der Waals surface area contributed by atoms with Crippen LogP contribution >= 0.6 is 0 Å². The molecular formula is C14H14AlNO. The summed E-state index contributed by atoms with van der Waals surface area (Å²) in [5.41, 5.74) is 1.26. The zero-order valence-corrected chi connectivity index (χ0v) is 11.0. The second kappa shape index (κ2) is 5.36. The van der Waals surface area contributed by atoms with Crippen LogP contribution in [-0.2, 0) is 11.2 Å². The minimum absolute atomic E-state index is 0.00485. The Morgan fingerprint density at radius 1 is 1.24 bits per heavy atom. The second-order valence-electron chi connectivity index (χ2n) is 4.15. The first-order valence-electron chi connectivity index (χ1n) is 5.66. The van der Waals surface area contributed by atoms with Gasteiger partial charge in [0.1, 0.15) is 0 Å². The Morgan fingerprint density at radius 3 is 2.71 bits per heavy atom. The van der Waals surface area contributed by atoms with Crippen molar-refractivity contribution in [2.45, 2.75) is 18.2 Å². The zero-order chi connectivity index (χ0) is 12.3. The van der Waals surface area contributed by atoms with Crippen molar-refractivity contribution in [3.05, 3.63) is 48.0 Å². The molecule has 0 saturated heterocycles. The summed E-state index contributed by atoms with van der Waals surface area (Å²) in [4.78, 5) is 11.1. The van der Waals surface area contributed by atoms with Crippen LogP contribution in [0.1, 0.15) is 12.5 Å². The van der Waals surface area contributed by atoms with E-state index in [1.807, 2.05) is 12.1 Å². The molecule has 0 aliphatic carbocycles. The molecule has 2 rings (SSSR count). The summed E-state index contributed by atoms with van der Waals surface area (Å²) in [6.45, 7) is 1.54. The van der Waals surface area contributed by atoms with E-state index in [1.165, 1.54) is 16.3 Å². The lowest BCUT2D eigenvalue weighted by Gasteiger charge is -2.15. The molecule has 0 spiro atoms. The third kappa shape index (κ3) is 3.09. The molecule has 3 heteroatoms. The lowest BCUT2D eigenvalue weighted by molar-refractivity contribution is -0.119. The van der Waals surface area contributed by atoms with Gasteiger partial charge in [0.15, 0.2) is 16.3 Å². The largest absolute Gasteiger partial charge is 0.369 e. The number of carbonyl (C=O) groups excluding carboxylic acids is 1. The molecule has 0 heterocycles. The molecule has 1 atom stereocenters. The zero-order valence-electron chi connectivity index (χ0n) is 9.81. The number of rotatable bonds is 3. The van der Waals surface area contributed by atoms with Crippen LogP contribution in [0.4, 0.5) is 0 Å². The maximum atomic E-state index is 11.0. The van der Waals surface area contributed by atoms with E-state index in [2.05, 4.69) is 51.9 Å². The summed E-state index contributed by atoms with van der Waals surface area (Å²) in [5.74, 6) is 0.00485. The average Bonchev–Trinajstić information content (AvgIpc) is 2.28. The predicted molar refractivity (Wildman–Crippen MR) is 71.0 cm³/mol. The summed E-state index contributed by atoms with van der Waals surface area (Å²) in [5, 5.41) is 5.38. The summed E-state index contributed by atoms with van der Waals surface area (Å²) in [7, 11) is 0. The topological polar surface area (TPSA) is 29.1 Å². The van der Waals surface area contributed by atoms with Gasteiger partial charge in [0.25, 0.3) is 0 Å². The second-order valence-corrected chi connectivity index (χ2v) is 4.95. The smallest absolute Gasteiger partial charge is 0.215 e. The number of hydrogen-bond acceptors (Lipinski definition) is 1. The molecule has 2 nitrogen and oxygen atoms in total. The monoisotopic (exact) mass is 239 g/mol. The van der Waals surface area contributed by atoms with Crippen molar-refractivity contribution in [1.29, 1.82) is 0 Å². The van der Waals surface area contributed by atoms with Crippen molar-refractivity contribution < 1.29 is 4.79 Å². The number of benzene rings is 2. The molecule has 2 aromatic rings. The molecule has 2 aromatic carbocycles. The number of nitrogens with one attached hydrogen (secondary N) is 1. The third-order valence-electron chi connectivity index (χ3n) is 2.71. The third-order valence-corrected chi connectivity index (χ3v) is 3.11. The fourth-order valence-electron chi connectivity index (χ4n) is 2.02. The van der Waals surface area contributed by atoms with E-state index in [0.29, 0.717) is 0 Å². The summed E-state index contributed by atoms with van der Waals surface area (Å²) >= 11 is 2.67. The van der Waals surface area contributed by atoms with E-state index < -0.39 is 0 Å². The Bertz CT molecular complexity index is 533. The van der Waals surface area contributed by atoms with Crippen LogP contribution in [0.5, 0.6) is 0 Å². The molecule has 0 bridgehead atoms. The standard InChI is InChI=1S/C14H14NO.Al/c1-11(16)15-10-9-13-7-4-6-12-5-2-3-8-14(12)13;/h2-8,10H,9H2,1H3,(H,15,16);.